The molecule has 0 unspecified atom stereocenters. The van der Waals surface area contributed by atoms with Crippen LogP contribution in [0.2, 0.25) is 0 Å². The van der Waals surface area contributed by atoms with Crippen LogP contribution in [0, 0.1) is 15.5 Å². The van der Waals surface area contributed by atoms with Crippen LogP contribution in [0.5, 0.6) is 0 Å². The first-order valence-electron chi connectivity index (χ1n) is 12.6. The number of ether oxygens (including phenoxy) is 1. The lowest BCUT2D eigenvalue weighted by molar-refractivity contribution is -0.384. The normalized spacial score (nSPS) is 13.2. The molecule has 0 radical (unpaired) electrons. The highest BCUT2D eigenvalue weighted by atomic mass is 16.6. The highest BCUT2D eigenvalue weighted by Gasteiger charge is 2.31. The van der Waals surface area contributed by atoms with Crippen molar-refractivity contribution >= 4 is 29.3 Å². The van der Waals surface area contributed by atoms with Crippen LogP contribution in [0.3, 0.4) is 0 Å². The quantitative estimate of drug-likeness (QED) is 0.112. The maximum atomic E-state index is 13.7. The molecule has 0 aliphatic carbocycles. The van der Waals surface area contributed by atoms with Crippen molar-refractivity contribution in [3.8, 4) is 0 Å². The Hall–Kier alpha value is -5.07. The van der Waals surface area contributed by atoms with E-state index in [2.05, 4.69) is 10.4 Å². The maximum absolute atomic E-state index is 13.7. The van der Waals surface area contributed by atoms with Gasteiger partial charge in [0.15, 0.2) is 0 Å². The number of nitrogen functional groups attached to an aromatic ring is 1. The molecular weight excluding hydrogens is 518 g/mol. The minimum absolute atomic E-state index is 0.0155. The van der Waals surface area contributed by atoms with E-state index in [1.54, 1.807) is 47.0 Å². The molecule has 1 atom stereocenters. The summed E-state index contributed by atoms with van der Waals surface area (Å²) < 4.78 is 6.59. The number of hydrogen-bond acceptors (Lipinski definition) is 8. The number of non-ortho nitro benzene ring substituents is 1. The standard InChI is InChI=1S/C27H29N7O6/c1-2-40-24(35)16-33-23-11-12-32(15-20(23)14-30-33)27(37)22(13-17-3-9-21(10-4-17)34(38)39)31-26(36)19-7-5-18(6-8-19)25(28)29/h3-10,14,22H,2,11-13,15-16H2,1H3,(H3,28,29)(H,31,36)/t22-/m0/s1. The van der Waals surface area contributed by atoms with Crippen molar-refractivity contribution in [3.63, 3.8) is 0 Å². The summed E-state index contributed by atoms with van der Waals surface area (Å²) in [7, 11) is 0. The third kappa shape index (κ3) is 6.49. The van der Waals surface area contributed by atoms with Crippen molar-refractivity contribution in [2.45, 2.75) is 38.9 Å². The number of amides is 2. The number of nitro groups is 1. The van der Waals surface area contributed by atoms with Crippen LogP contribution in [0.4, 0.5) is 5.69 Å². The fraction of sp³-hybridized carbons (Fsp3) is 0.296. The van der Waals surface area contributed by atoms with E-state index in [9.17, 15) is 24.5 Å². The molecule has 2 heterocycles. The van der Waals surface area contributed by atoms with E-state index < -0.39 is 22.8 Å². The second kappa shape index (κ2) is 12.2. The number of benzene rings is 2. The number of nitro benzene ring substituents is 1. The Morgan fingerprint density at radius 2 is 1.82 bits per heavy atom. The molecule has 40 heavy (non-hydrogen) atoms. The molecule has 3 aromatic rings. The van der Waals surface area contributed by atoms with Crippen molar-refractivity contribution in [1.29, 1.82) is 5.41 Å². The first kappa shape index (κ1) is 28.0. The second-order valence-electron chi connectivity index (χ2n) is 9.23. The van der Waals surface area contributed by atoms with Crippen molar-refractivity contribution in [1.82, 2.24) is 20.0 Å². The molecule has 0 spiro atoms. The van der Waals surface area contributed by atoms with Gasteiger partial charge in [-0.3, -0.25) is 34.6 Å². The van der Waals surface area contributed by atoms with Gasteiger partial charge < -0.3 is 20.7 Å². The average molecular weight is 548 g/mol. The van der Waals surface area contributed by atoms with Crippen LogP contribution in [0.25, 0.3) is 0 Å². The van der Waals surface area contributed by atoms with Gasteiger partial charge in [0.25, 0.3) is 11.6 Å². The van der Waals surface area contributed by atoms with Crippen molar-refractivity contribution in [2.75, 3.05) is 13.2 Å². The Labute approximate surface area is 229 Å². The zero-order valence-electron chi connectivity index (χ0n) is 21.8. The number of aromatic nitrogens is 2. The molecule has 13 heteroatoms. The molecule has 1 aliphatic heterocycles. The van der Waals surface area contributed by atoms with Crippen molar-refractivity contribution < 1.29 is 24.0 Å². The predicted molar refractivity (Wildman–Crippen MR) is 143 cm³/mol. The molecule has 13 nitrogen and oxygen atoms in total. The van der Waals surface area contributed by atoms with Gasteiger partial charge in [-0.25, -0.2) is 0 Å². The van der Waals surface area contributed by atoms with Crippen LogP contribution in [-0.4, -0.2) is 62.4 Å². The van der Waals surface area contributed by atoms with E-state index in [1.165, 1.54) is 24.3 Å². The highest BCUT2D eigenvalue weighted by molar-refractivity contribution is 5.99. The third-order valence-corrected chi connectivity index (χ3v) is 6.56. The molecule has 1 aliphatic rings. The zero-order chi connectivity index (χ0) is 28.8. The van der Waals surface area contributed by atoms with Gasteiger partial charge in [0.2, 0.25) is 5.91 Å². The third-order valence-electron chi connectivity index (χ3n) is 6.56. The summed E-state index contributed by atoms with van der Waals surface area (Å²) >= 11 is 0. The van der Waals surface area contributed by atoms with E-state index in [0.29, 0.717) is 24.1 Å². The fourth-order valence-corrected chi connectivity index (χ4v) is 4.50. The van der Waals surface area contributed by atoms with E-state index in [0.717, 1.165) is 11.3 Å². The van der Waals surface area contributed by atoms with E-state index in [-0.39, 0.29) is 49.1 Å². The van der Waals surface area contributed by atoms with Crippen LogP contribution in [0.1, 0.15) is 39.7 Å². The second-order valence-corrected chi connectivity index (χ2v) is 9.23. The predicted octanol–water partition coefficient (Wildman–Crippen LogP) is 1.56. The van der Waals surface area contributed by atoms with Gasteiger partial charge in [-0.15, -0.1) is 0 Å². The van der Waals surface area contributed by atoms with Gasteiger partial charge in [-0.05, 0) is 24.6 Å². The Kier molecular flexibility index (Phi) is 8.52. The number of nitrogens with two attached hydrogens (primary N) is 1. The first-order chi connectivity index (χ1) is 19.2. The molecule has 4 rings (SSSR count). The number of amidine groups is 1. The molecule has 2 aromatic carbocycles. The topological polar surface area (TPSA) is 187 Å². The molecule has 0 bridgehead atoms. The smallest absolute Gasteiger partial charge is 0.327 e. The van der Waals surface area contributed by atoms with E-state index >= 15 is 0 Å². The SMILES string of the molecule is CCOC(=O)Cn1ncc2c1CCN(C(=O)[C@H](Cc1ccc([N+](=O)[O-])cc1)NC(=O)c1ccc(C(=N)N)cc1)C2. The number of esters is 1. The molecular formula is C27H29N7O6. The van der Waals surface area contributed by atoms with Gasteiger partial charge in [0.05, 0.1) is 17.7 Å². The van der Waals surface area contributed by atoms with Gasteiger partial charge in [0, 0.05) is 60.4 Å². The van der Waals surface area contributed by atoms with Gasteiger partial charge in [-0.1, -0.05) is 24.3 Å². The van der Waals surface area contributed by atoms with Crippen molar-refractivity contribution in [3.05, 3.63) is 92.8 Å². The number of nitrogens with zero attached hydrogens (tertiary/aromatic N) is 4. The number of carbonyl (C=O) groups is 3. The largest absolute Gasteiger partial charge is 0.465 e. The van der Waals surface area contributed by atoms with Crippen LogP contribution in [-0.2, 0) is 40.3 Å². The van der Waals surface area contributed by atoms with Crippen LogP contribution < -0.4 is 11.1 Å². The zero-order valence-corrected chi connectivity index (χ0v) is 21.8. The average Bonchev–Trinajstić information content (AvgIpc) is 3.34. The molecule has 4 N–H and O–H groups in total. The van der Waals surface area contributed by atoms with Gasteiger partial charge in [-0.2, -0.15) is 5.10 Å². The lowest BCUT2D eigenvalue weighted by atomic mass is 10.0. The maximum Gasteiger partial charge on any atom is 0.327 e. The molecule has 0 saturated carbocycles. The summed E-state index contributed by atoms with van der Waals surface area (Å²) in [4.78, 5) is 50.9. The summed E-state index contributed by atoms with van der Waals surface area (Å²) in [5, 5.41) is 25.7. The van der Waals surface area contributed by atoms with Crippen LogP contribution >= 0.6 is 0 Å². The summed E-state index contributed by atoms with van der Waals surface area (Å²) in [6.07, 6.45) is 2.19. The first-order valence-corrected chi connectivity index (χ1v) is 12.6. The fourth-order valence-electron chi connectivity index (χ4n) is 4.50. The Morgan fingerprint density at radius 1 is 1.15 bits per heavy atom. The summed E-state index contributed by atoms with van der Waals surface area (Å²) in [6, 6.07) is 11.0. The molecule has 208 valence electrons. The molecule has 2 amide bonds. The minimum Gasteiger partial charge on any atom is -0.465 e. The summed E-state index contributed by atoms with van der Waals surface area (Å²) in [5.74, 6) is -1.34. The lowest BCUT2D eigenvalue weighted by Gasteiger charge is -2.31. The number of carbonyl (C=O) groups excluding carboxylic acids is 3. The van der Waals surface area contributed by atoms with Crippen molar-refractivity contribution in [2.24, 2.45) is 5.73 Å². The molecule has 1 aromatic heterocycles. The van der Waals surface area contributed by atoms with E-state index in [4.69, 9.17) is 15.9 Å². The Morgan fingerprint density at radius 3 is 2.45 bits per heavy atom. The summed E-state index contributed by atoms with van der Waals surface area (Å²) in [5.41, 5.74) is 8.44. The lowest BCUT2D eigenvalue weighted by Crippen LogP contribution is -2.51. The monoisotopic (exact) mass is 547 g/mol. The number of nitrogens with one attached hydrogen (secondary N) is 2. The van der Waals surface area contributed by atoms with Crippen LogP contribution in [0.15, 0.2) is 54.7 Å². The molecule has 0 fully saturated rings. The Bertz CT molecular complexity index is 1430. The number of rotatable bonds is 10. The minimum atomic E-state index is -0.961. The van der Waals surface area contributed by atoms with E-state index in [1.807, 2.05) is 0 Å². The highest BCUT2D eigenvalue weighted by Crippen LogP contribution is 2.21. The summed E-state index contributed by atoms with van der Waals surface area (Å²) in [6.45, 7) is 2.58. The number of hydrogen-bond donors (Lipinski definition) is 3. The van der Waals surface area contributed by atoms with Gasteiger partial charge in [0.1, 0.15) is 18.4 Å². The Balaban J connectivity index is 1.53. The molecule has 0 saturated heterocycles. The van der Waals surface area contributed by atoms with Gasteiger partial charge >= 0.3 is 5.97 Å². The number of fused-ring (bicyclic) bond motifs is 1.